The zero-order chi connectivity index (χ0) is 19.4. The van der Waals surface area contributed by atoms with Gasteiger partial charge in [0, 0.05) is 0 Å². The highest BCUT2D eigenvalue weighted by atomic mass is 16.3. The van der Waals surface area contributed by atoms with Crippen LogP contribution in [0, 0.1) is 52.3 Å². The highest BCUT2D eigenvalue weighted by Gasteiger charge is 2.60. The van der Waals surface area contributed by atoms with E-state index in [1.807, 2.05) is 0 Å². The monoisotopic (exact) mass is 372 g/mol. The summed E-state index contributed by atoms with van der Waals surface area (Å²) >= 11 is 0. The molecule has 152 valence electrons. The second-order valence-electron chi connectivity index (χ2n) is 11.1. The van der Waals surface area contributed by atoms with Gasteiger partial charge in [0.2, 0.25) is 0 Å². The van der Waals surface area contributed by atoms with Gasteiger partial charge in [-0.05, 0) is 105 Å². The molecule has 4 rings (SSSR count). The number of aliphatic hydroxyl groups excluding tert-OH is 1. The van der Waals surface area contributed by atoms with E-state index >= 15 is 0 Å². The Kier molecular flexibility index (Phi) is 4.96. The summed E-state index contributed by atoms with van der Waals surface area (Å²) in [6.07, 6.45) is 11.8. The smallest absolute Gasteiger partial charge is 0.125 e. The second kappa shape index (κ2) is 6.77. The number of aliphatic hydroxyl groups is 2. The van der Waals surface area contributed by atoms with Gasteiger partial charge in [-0.2, -0.15) is 0 Å². The first-order valence-corrected chi connectivity index (χ1v) is 11.6. The third-order valence-electron chi connectivity index (χ3n) is 9.93. The van der Waals surface area contributed by atoms with Gasteiger partial charge in [0.05, 0.1) is 0 Å². The van der Waals surface area contributed by atoms with Gasteiger partial charge < -0.3 is 10.2 Å². The standard InChI is InChI=1S/C25H40O2/c1-5-18-7-9-21-20-8-6-19-16-25(27,13-10-17(2)26)15-14-24(19,4)22(20)11-12-23(18,21)3/h17-22,26-27H,5-9,11-12,14-16H2,1-4H3/t17?,18-,19+,20-,21-,22-,23+,24-,25+/m0/s1. The molecule has 0 spiro atoms. The molecule has 2 heteroatoms. The number of hydrogen-bond acceptors (Lipinski definition) is 2. The van der Waals surface area contributed by atoms with Crippen LogP contribution in [0.2, 0.25) is 0 Å². The Balaban J connectivity index is 1.55. The number of hydrogen-bond donors (Lipinski definition) is 2. The lowest BCUT2D eigenvalue weighted by Crippen LogP contribution is -2.55. The molecule has 27 heavy (non-hydrogen) atoms. The lowest BCUT2D eigenvalue weighted by Gasteiger charge is -2.61. The predicted octanol–water partition coefficient (Wildman–Crippen LogP) is 5.17. The van der Waals surface area contributed by atoms with Crippen LogP contribution < -0.4 is 0 Å². The fraction of sp³-hybridized carbons (Fsp3) is 0.920. The van der Waals surface area contributed by atoms with Crippen LogP contribution in [-0.4, -0.2) is 21.9 Å². The minimum Gasteiger partial charge on any atom is -0.381 e. The molecule has 0 radical (unpaired) electrons. The van der Waals surface area contributed by atoms with Gasteiger partial charge in [0.25, 0.3) is 0 Å². The van der Waals surface area contributed by atoms with E-state index in [1.54, 1.807) is 6.92 Å². The molecule has 2 nitrogen and oxygen atoms in total. The first-order valence-electron chi connectivity index (χ1n) is 11.6. The van der Waals surface area contributed by atoms with Crippen molar-refractivity contribution < 1.29 is 10.2 Å². The lowest BCUT2D eigenvalue weighted by atomic mass is 9.44. The molecular formula is C25H40O2. The Morgan fingerprint density at radius 2 is 1.70 bits per heavy atom. The van der Waals surface area contributed by atoms with Crippen molar-refractivity contribution in [2.24, 2.45) is 40.4 Å². The molecule has 9 atom stereocenters. The van der Waals surface area contributed by atoms with Gasteiger partial charge in [-0.15, -0.1) is 0 Å². The SMILES string of the molecule is CC[C@H]1CC[C@H]2[C@@H]3CC[C@@H]4C[C@@](O)(C#CC(C)O)CC[C@]4(C)[C@H]3CC[C@]12C. The Morgan fingerprint density at radius 3 is 2.41 bits per heavy atom. The zero-order valence-electron chi connectivity index (χ0n) is 17.9. The molecular weight excluding hydrogens is 332 g/mol. The summed E-state index contributed by atoms with van der Waals surface area (Å²) in [7, 11) is 0. The van der Waals surface area contributed by atoms with E-state index in [2.05, 4.69) is 32.6 Å². The van der Waals surface area contributed by atoms with Crippen LogP contribution in [-0.2, 0) is 0 Å². The van der Waals surface area contributed by atoms with Gasteiger partial charge in [-0.1, -0.05) is 39.0 Å². The summed E-state index contributed by atoms with van der Waals surface area (Å²) in [5.41, 5.74) is 0.0996. The highest BCUT2D eigenvalue weighted by molar-refractivity contribution is 5.20. The molecule has 0 aromatic rings. The van der Waals surface area contributed by atoms with Crippen LogP contribution in [0.1, 0.15) is 91.9 Å². The number of fused-ring (bicyclic) bond motifs is 5. The van der Waals surface area contributed by atoms with Gasteiger partial charge in [-0.25, -0.2) is 0 Å². The van der Waals surface area contributed by atoms with Gasteiger partial charge in [-0.3, -0.25) is 0 Å². The molecule has 4 saturated carbocycles. The van der Waals surface area contributed by atoms with E-state index in [1.165, 1.54) is 44.9 Å². The van der Waals surface area contributed by atoms with Crippen molar-refractivity contribution in [1.29, 1.82) is 0 Å². The molecule has 0 aromatic carbocycles. The quantitative estimate of drug-likeness (QED) is 0.623. The third kappa shape index (κ3) is 3.08. The van der Waals surface area contributed by atoms with Crippen molar-refractivity contribution >= 4 is 0 Å². The largest absolute Gasteiger partial charge is 0.381 e. The molecule has 1 unspecified atom stereocenters. The predicted molar refractivity (Wildman–Crippen MR) is 110 cm³/mol. The average Bonchev–Trinajstić information content (AvgIpc) is 2.97. The molecule has 0 heterocycles. The Hall–Kier alpha value is -0.520. The van der Waals surface area contributed by atoms with Gasteiger partial charge >= 0.3 is 0 Å². The van der Waals surface area contributed by atoms with E-state index in [0.29, 0.717) is 16.7 Å². The first kappa shape index (κ1) is 19.8. The van der Waals surface area contributed by atoms with Gasteiger partial charge in [0.15, 0.2) is 0 Å². The topological polar surface area (TPSA) is 40.5 Å². The van der Waals surface area contributed by atoms with Gasteiger partial charge in [0.1, 0.15) is 11.7 Å². The van der Waals surface area contributed by atoms with Crippen molar-refractivity contribution in [2.45, 2.75) is 104 Å². The Morgan fingerprint density at radius 1 is 0.963 bits per heavy atom. The van der Waals surface area contributed by atoms with Crippen LogP contribution in [0.5, 0.6) is 0 Å². The lowest BCUT2D eigenvalue weighted by molar-refractivity contribution is -0.138. The second-order valence-corrected chi connectivity index (χ2v) is 11.1. The summed E-state index contributed by atoms with van der Waals surface area (Å²) in [6.45, 7) is 9.25. The maximum Gasteiger partial charge on any atom is 0.125 e. The van der Waals surface area contributed by atoms with E-state index in [4.69, 9.17) is 0 Å². The van der Waals surface area contributed by atoms with Crippen molar-refractivity contribution in [1.82, 2.24) is 0 Å². The molecule has 0 bridgehead atoms. The van der Waals surface area contributed by atoms with E-state index < -0.39 is 11.7 Å². The van der Waals surface area contributed by atoms with Crippen LogP contribution >= 0.6 is 0 Å². The Bertz CT molecular complexity index is 630. The van der Waals surface area contributed by atoms with E-state index in [0.717, 1.165) is 42.9 Å². The molecule has 0 saturated heterocycles. The summed E-state index contributed by atoms with van der Waals surface area (Å²) in [6, 6.07) is 0. The number of rotatable bonds is 1. The van der Waals surface area contributed by atoms with Crippen molar-refractivity contribution in [3.8, 4) is 11.8 Å². The Labute approximate surface area is 166 Å². The van der Waals surface area contributed by atoms with Crippen molar-refractivity contribution in [3.63, 3.8) is 0 Å². The van der Waals surface area contributed by atoms with Crippen molar-refractivity contribution in [2.75, 3.05) is 0 Å². The van der Waals surface area contributed by atoms with Crippen molar-refractivity contribution in [3.05, 3.63) is 0 Å². The van der Waals surface area contributed by atoms with E-state index in [-0.39, 0.29) is 0 Å². The average molecular weight is 373 g/mol. The van der Waals surface area contributed by atoms with E-state index in [9.17, 15) is 10.2 Å². The molecule has 0 aromatic heterocycles. The molecule has 0 aliphatic heterocycles. The summed E-state index contributed by atoms with van der Waals surface area (Å²) in [5.74, 6) is 10.1. The fourth-order valence-electron chi connectivity index (χ4n) is 8.38. The summed E-state index contributed by atoms with van der Waals surface area (Å²) < 4.78 is 0. The van der Waals surface area contributed by atoms with Crippen LogP contribution in [0.25, 0.3) is 0 Å². The third-order valence-corrected chi connectivity index (χ3v) is 9.93. The summed E-state index contributed by atoms with van der Waals surface area (Å²) in [4.78, 5) is 0. The minimum atomic E-state index is -0.877. The maximum atomic E-state index is 11.0. The fourth-order valence-corrected chi connectivity index (χ4v) is 8.38. The highest BCUT2D eigenvalue weighted by Crippen LogP contribution is 2.68. The molecule has 4 aliphatic rings. The molecule has 4 fully saturated rings. The minimum absolute atomic E-state index is 0.382. The molecule has 0 amide bonds. The van der Waals surface area contributed by atoms with Crippen LogP contribution in [0.4, 0.5) is 0 Å². The normalized spacial score (nSPS) is 52.7. The maximum absolute atomic E-state index is 11.0. The molecule has 2 N–H and O–H groups in total. The van der Waals surface area contributed by atoms with Crippen LogP contribution in [0.15, 0.2) is 0 Å². The van der Waals surface area contributed by atoms with Crippen LogP contribution in [0.3, 0.4) is 0 Å². The zero-order valence-corrected chi connectivity index (χ0v) is 17.9. The molecule has 4 aliphatic carbocycles. The summed E-state index contributed by atoms with van der Waals surface area (Å²) in [5, 5.41) is 20.5. The first-order chi connectivity index (χ1) is 12.7.